The molecule has 10 nitrogen and oxygen atoms in total. The van der Waals surface area contributed by atoms with Gasteiger partial charge < -0.3 is 9.05 Å². The van der Waals surface area contributed by atoms with Crippen LogP contribution in [0, 0.1) is 0 Å². The van der Waals surface area contributed by atoms with E-state index in [0.29, 0.717) is 16.6 Å². The fourth-order valence-corrected chi connectivity index (χ4v) is 7.20. The molecular weight excluding hydrogens is 545 g/mol. The summed E-state index contributed by atoms with van der Waals surface area (Å²) in [5, 5.41) is 1.83. The molecule has 0 radical (unpaired) electrons. The number of benzene rings is 3. The zero-order valence-corrected chi connectivity index (χ0v) is 23.8. The average Bonchev–Trinajstić information content (AvgIpc) is 3.39. The highest BCUT2D eigenvalue weighted by Gasteiger charge is 2.47. The van der Waals surface area contributed by atoms with Crippen LogP contribution in [-0.2, 0) is 31.5 Å². The molecule has 1 aromatic heterocycles. The van der Waals surface area contributed by atoms with Gasteiger partial charge in [0.05, 0.1) is 43.3 Å². The third-order valence-electron chi connectivity index (χ3n) is 6.92. The van der Waals surface area contributed by atoms with E-state index in [2.05, 4.69) is 0 Å². The molecule has 3 aromatic carbocycles. The lowest BCUT2D eigenvalue weighted by Crippen LogP contribution is -2.45. The van der Waals surface area contributed by atoms with Gasteiger partial charge in [-0.15, -0.1) is 0 Å². The van der Waals surface area contributed by atoms with E-state index < -0.39 is 36.6 Å². The summed E-state index contributed by atoms with van der Waals surface area (Å²) in [5.74, 6) is -1.44. The van der Waals surface area contributed by atoms with E-state index in [0.717, 1.165) is 5.56 Å². The number of carbonyl (C=O) groups excluding carboxylic acids is 1. The summed E-state index contributed by atoms with van der Waals surface area (Å²) < 4.78 is 27.3. The largest absolute Gasteiger partial charge is 0.350 e. The normalized spacial score (nSPS) is 17.7. The van der Waals surface area contributed by atoms with Crippen LogP contribution in [0.1, 0.15) is 36.2 Å². The van der Waals surface area contributed by atoms with Crippen LogP contribution in [0.4, 0.5) is 0 Å². The minimum Gasteiger partial charge on any atom is -0.308 e. The zero-order chi connectivity index (χ0) is 29.0. The van der Waals surface area contributed by atoms with Crippen molar-refractivity contribution in [2.45, 2.75) is 45.2 Å². The van der Waals surface area contributed by atoms with E-state index in [1.807, 2.05) is 30.3 Å². The van der Waals surface area contributed by atoms with Crippen molar-refractivity contribution >= 4 is 24.4 Å². The van der Waals surface area contributed by atoms with Crippen LogP contribution in [0.5, 0.6) is 0 Å². The smallest absolute Gasteiger partial charge is 0.308 e. The molecular formula is C30H32N3O7P. The monoisotopic (exact) mass is 577 g/mol. The van der Waals surface area contributed by atoms with Crippen molar-refractivity contribution in [2.75, 3.05) is 13.2 Å². The Kier molecular flexibility index (Phi) is 8.77. The van der Waals surface area contributed by atoms with Crippen molar-refractivity contribution in [1.29, 1.82) is 0 Å². The SMILES string of the molecule is CCOP(=O)(OCC)[C@@H]1C[C@@H](Cn2c(=O)n(C(=O)c3ccccc3)c(=O)c3ccccc32)ON1Cc1ccccc1. The third kappa shape index (κ3) is 5.88. The van der Waals surface area contributed by atoms with E-state index in [9.17, 15) is 18.9 Å². The third-order valence-corrected chi connectivity index (χ3v) is 9.35. The van der Waals surface area contributed by atoms with Crippen molar-refractivity contribution < 1.29 is 23.2 Å². The lowest BCUT2D eigenvalue weighted by molar-refractivity contribution is -0.164. The van der Waals surface area contributed by atoms with Crippen molar-refractivity contribution in [3.8, 4) is 0 Å². The van der Waals surface area contributed by atoms with Gasteiger partial charge in [-0.05, 0) is 43.7 Å². The fraction of sp³-hybridized carbons (Fsp3) is 0.300. The van der Waals surface area contributed by atoms with E-state index >= 15 is 0 Å². The molecule has 0 saturated carbocycles. The first-order valence-corrected chi connectivity index (χ1v) is 15.2. The van der Waals surface area contributed by atoms with E-state index in [1.165, 1.54) is 4.57 Å². The van der Waals surface area contributed by atoms with Crippen LogP contribution >= 0.6 is 7.60 Å². The average molecular weight is 578 g/mol. The summed E-state index contributed by atoms with van der Waals surface area (Å²) in [7, 11) is -3.63. The van der Waals surface area contributed by atoms with Gasteiger partial charge in [0.2, 0.25) is 0 Å². The highest BCUT2D eigenvalue weighted by atomic mass is 31.2. The first-order chi connectivity index (χ1) is 19.9. The summed E-state index contributed by atoms with van der Waals surface area (Å²) in [6.45, 7) is 4.19. The summed E-state index contributed by atoms with van der Waals surface area (Å²) in [4.78, 5) is 46.8. The quantitative estimate of drug-likeness (QED) is 0.251. The molecule has 5 rings (SSSR count). The molecule has 2 atom stereocenters. The summed E-state index contributed by atoms with van der Waals surface area (Å²) in [6, 6.07) is 24.4. The fourth-order valence-electron chi connectivity index (χ4n) is 5.12. The van der Waals surface area contributed by atoms with Crippen LogP contribution in [-0.4, -0.2) is 45.2 Å². The molecule has 0 N–H and O–H groups in total. The Morgan fingerprint density at radius 3 is 2.17 bits per heavy atom. The topological polar surface area (TPSA) is 109 Å². The second-order valence-electron chi connectivity index (χ2n) is 9.60. The maximum atomic E-state index is 13.9. The number of para-hydroxylation sites is 1. The molecule has 0 bridgehead atoms. The Morgan fingerprint density at radius 2 is 1.51 bits per heavy atom. The summed E-state index contributed by atoms with van der Waals surface area (Å²) in [6.07, 6.45) is -0.395. The molecule has 1 aliphatic rings. The van der Waals surface area contributed by atoms with Crippen molar-refractivity contribution in [3.05, 3.63) is 117 Å². The molecule has 1 fully saturated rings. The molecule has 1 saturated heterocycles. The Balaban J connectivity index is 1.55. The molecule has 4 aromatic rings. The van der Waals surface area contributed by atoms with Crippen LogP contribution in [0.3, 0.4) is 0 Å². The van der Waals surface area contributed by atoms with Gasteiger partial charge in [0.15, 0.2) is 0 Å². The van der Waals surface area contributed by atoms with Gasteiger partial charge in [0.25, 0.3) is 11.5 Å². The molecule has 0 unspecified atom stereocenters. The Bertz CT molecular complexity index is 1680. The maximum Gasteiger partial charge on any atom is 0.350 e. The Morgan fingerprint density at radius 1 is 0.902 bits per heavy atom. The maximum absolute atomic E-state index is 13.9. The summed E-state index contributed by atoms with van der Waals surface area (Å²) >= 11 is 0. The molecule has 214 valence electrons. The molecule has 0 amide bonds. The van der Waals surface area contributed by atoms with Gasteiger partial charge in [-0.25, -0.2) is 4.79 Å². The second-order valence-corrected chi connectivity index (χ2v) is 11.8. The van der Waals surface area contributed by atoms with Gasteiger partial charge in [0, 0.05) is 12.0 Å². The van der Waals surface area contributed by atoms with E-state index in [4.69, 9.17) is 13.9 Å². The Hall–Kier alpha value is -3.66. The predicted octanol–water partition coefficient (Wildman–Crippen LogP) is 4.65. The highest BCUT2D eigenvalue weighted by molar-refractivity contribution is 7.54. The molecule has 1 aliphatic heterocycles. The van der Waals surface area contributed by atoms with Gasteiger partial charge in [-0.1, -0.05) is 60.7 Å². The van der Waals surface area contributed by atoms with E-state index in [1.54, 1.807) is 73.5 Å². The molecule has 2 heterocycles. The van der Waals surface area contributed by atoms with Gasteiger partial charge in [-0.2, -0.15) is 9.63 Å². The minimum absolute atomic E-state index is 0.00172. The summed E-state index contributed by atoms with van der Waals surface area (Å²) in [5.41, 5.74) is 0.0568. The van der Waals surface area contributed by atoms with Crippen molar-refractivity contribution in [3.63, 3.8) is 0 Å². The molecule has 11 heteroatoms. The number of hydroxylamine groups is 2. The van der Waals surface area contributed by atoms with Crippen molar-refractivity contribution in [1.82, 2.24) is 14.2 Å². The number of nitrogens with zero attached hydrogens (tertiary/aromatic N) is 3. The van der Waals surface area contributed by atoms with Crippen LogP contribution in [0.25, 0.3) is 10.9 Å². The van der Waals surface area contributed by atoms with Gasteiger partial charge in [0.1, 0.15) is 5.78 Å². The Labute approximate surface area is 237 Å². The lowest BCUT2D eigenvalue weighted by Gasteiger charge is -2.28. The molecule has 0 spiro atoms. The number of aromatic nitrogens is 2. The first kappa shape index (κ1) is 28.9. The zero-order valence-electron chi connectivity index (χ0n) is 22.9. The van der Waals surface area contributed by atoms with Crippen LogP contribution in [0.2, 0.25) is 0 Å². The van der Waals surface area contributed by atoms with Gasteiger partial charge in [-0.3, -0.25) is 23.6 Å². The highest BCUT2D eigenvalue weighted by Crippen LogP contribution is 2.58. The number of fused-ring (bicyclic) bond motifs is 1. The molecule has 41 heavy (non-hydrogen) atoms. The standard InChI is InChI=1S/C30H32N3O7P/c1-3-38-41(37,39-4-2)27-19-24(40-32(27)20-22-13-7-5-8-14-22)21-31-26-18-12-11-17-25(26)29(35)33(30(31)36)28(34)23-15-9-6-10-16-23/h5-18,24,27H,3-4,19-21H2,1-2H3/t24-,27+/m0/s1. The van der Waals surface area contributed by atoms with Crippen LogP contribution < -0.4 is 11.2 Å². The second kappa shape index (κ2) is 12.5. The lowest BCUT2D eigenvalue weighted by atomic mass is 10.2. The first-order valence-electron chi connectivity index (χ1n) is 13.6. The number of hydrogen-bond donors (Lipinski definition) is 0. The van der Waals surface area contributed by atoms with Gasteiger partial charge >= 0.3 is 13.3 Å². The number of carbonyl (C=O) groups is 1. The number of hydrogen-bond acceptors (Lipinski definition) is 8. The number of rotatable bonds is 10. The minimum atomic E-state index is -3.63. The van der Waals surface area contributed by atoms with Crippen LogP contribution in [0.15, 0.2) is 94.5 Å². The predicted molar refractivity (Wildman–Crippen MR) is 155 cm³/mol. The van der Waals surface area contributed by atoms with E-state index in [-0.39, 0.29) is 37.1 Å². The molecule has 0 aliphatic carbocycles. The van der Waals surface area contributed by atoms with Crippen molar-refractivity contribution in [2.24, 2.45) is 0 Å².